The Hall–Kier alpha value is 0.734. The van der Waals surface area contributed by atoms with Gasteiger partial charge < -0.3 is 0 Å². The molecule has 99 valence electrons. The second kappa shape index (κ2) is 6.26. The molecule has 1 aliphatic carbocycles. The van der Waals surface area contributed by atoms with Crippen LogP contribution in [0, 0.1) is 0 Å². The molecule has 0 aromatic heterocycles. The van der Waals surface area contributed by atoms with E-state index in [0.717, 1.165) is 0 Å². The fourth-order valence-electron chi connectivity index (χ4n) is 2.31. The molecule has 0 bridgehead atoms. The molecular weight excluding hydrogens is 289 g/mol. The Morgan fingerprint density at radius 1 is 1.00 bits per heavy atom. The van der Waals surface area contributed by atoms with Gasteiger partial charge >= 0.3 is 106 Å². The summed E-state index contributed by atoms with van der Waals surface area (Å²) in [5, 5.41) is 3.74. The first-order valence-electron chi connectivity index (χ1n) is 5.50. The van der Waals surface area contributed by atoms with Crippen molar-refractivity contribution in [2.45, 2.75) is 59.5 Å². The van der Waals surface area contributed by atoms with E-state index in [-0.39, 0.29) is 35.9 Å². The van der Waals surface area contributed by atoms with Gasteiger partial charge in [-0.2, -0.15) is 0 Å². The van der Waals surface area contributed by atoms with Crippen LogP contribution >= 0.6 is 24.8 Å². The van der Waals surface area contributed by atoms with E-state index in [0.29, 0.717) is 0 Å². The summed E-state index contributed by atoms with van der Waals surface area (Å²) in [5.41, 5.74) is 4.56. The number of rotatable bonds is 1. The van der Waals surface area contributed by atoms with Crippen molar-refractivity contribution in [1.82, 2.24) is 5.32 Å². The Kier molecular flexibility index (Phi) is 7.38. The van der Waals surface area contributed by atoms with E-state index in [9.17, 15) is 0 Å². The van der Waals surface area contributed by atoms with Crippen LogP contribution in [0.1, 0.15) is 48.5 Å². The van der Waals surface area contributed by atoms with Gasteiger partial charge in [0.05, 0.1) is 0 Å². The molecule has 1 atom stereocenters. The van der Waals surface area contributed by atoms with E-state index in [1.54, 1.807) is 0 Å². The van der Waals surface area contributed by atoms with Gasteiger partial charge in [0.2, 0.25) is 0 Å². The average Bonchev–Trinajstić information content (AvgIpc) is 2.19. The summed E-state index contributed by atoms with van der Waals surface area (Å²) in [6.07, 6.45) is 0. The number of hydrogen-bond donors (Lipinski definition) is 1. The number of allylic oxidation sites excluding steroid dienone is 2. The molecule has 0 aromatic rings. The zero-order valence-electron chi connectivity index (χ0n) is 11.8. The molecule has 0 saturated heterocycles. The van der Waals surface area contributed by atoms with Crippen LogP contribution in [-0.2, 0) is 20.4 Å². The number of nitrogens with one attached hydrogen (secondary N) is 1. The summed E-state index contributed by atoms with van der Waals surface area (Å²) in [7, 11) is 0. The van der Waals surface area contributed by atoms with Gasteiger partial charge in [-0.15, -0.1) is 24.8 Å². The van der Waals surface area contributed by atoms with Gasteiger partial charge in [0.1, 0.15) is 0 Å². The van der Waals surface area contributed by atoms with Gasteiger partial charge in [0.25, 0.3) is 0 Å². The Labute approximate surface area is 130 Å². The maximum Gasteiger partial charge on any atom is -0.147 e. The van der Waals surface area contributed by atoms with Gasteiger partial charge in [-0.1, -0.05) is 0 Å². The monoisotopic (exact) mass is 312 g/mol. The zero-order valence-corrected chi connectivity index (χ0v) is 15.0. The van der Waals surface area contributed by atoms with E-state index in [1.165, 1.54) is 20.6 Å². The van der Waals surface area contributed by atoms with Gasteiger partial charge in [0, 0.05) is 0 Å². The number of hydrogen-bond acceptors (Lipinski definition) is 1. The molecule has 0 radical (unpaired) electrons. The van der Waals surface area contributed by atoms with Crippen molar-refractivity contribution in [1.29, 1.82) is 0 Å². The fourth-order valence-corrected chi connectivity index (χ4v) is 3.00. The van der Waals surface area contributed by atoms with Crippen molar-refractivity contribution in [3.63, 3.8) is 0 Å². The van der Waals surface area contributed by atoms with Gasteiger partial charge in [-0.25, -0.2) is 0 Å². The SMILES string of the molecule is CC1=C(C)C(C)(NC(C)(C)C)[C]([Ti])=C1C.Cl.Cl. The second-order valence-electron chi connectivity index (χ2n) is 5.75. The standard InChI is InChI=1S/C13H22N.2ClH.Ti/c1-9-8-13(7,11(3)10(9)2)14-12(4,5)6;;;/h14H,1-7H3;2*1H;. The number of halogens is 2. The molecule has 0 aliphatic heterocycles. The first-order chi connectivity index (χ1) is 6.59. The van der Waals surface area contributed by atoms with Crippen molar-refractivity contribution in [2.75, 3.05) is 0 Å². The van der Waals surface area contributed by atoms with Crippen LogP contribution in [0.15, 0.2) is 20.6 Å². The zero-order chi connectivity index (χ0) is 12.0. The molecule has 4 heteroatoms. The summed E-state index contributed by atoms with van der Waals surface area (Å²) >= 11 is 2.24. The van der Waals surface area contributed by atoms with Gasteiger partial charge in [0.15, 0.2) is 0 Å². The summed E-state index contributed by atoms with van der Waals surface area (Å²) in [6.45, 7) is 15.7. The van der Waals surface area contributed by atoms with E-state index in [1.807, 2.05) is 0 Å². The first kappa shape index (κ1) is 20.1. The smallest absolute Gasteiger partial charge is 0.147 e. The van der Waals surface area contributed by atoms with Crippen LogP contribution < -0.4 is 5.32 Å². The third-order valence-electron chi connectivity index (χ3n) is 3.38. The topological polar surface area (TPSA) is 12.0 Å². The minimum atomic E-state index is 0. The Morgan fingerprint density at radius 2 is 1.41 bits per heavy atom. The summed E-state index contributed by atoms with van der Waals surface area (Å²) in [4.78, 5) is 0. The molecule has 1 rings (SSSR count). The molecule has 0 fully saturated rings. The average molecular weight is 313 g/mol. The van der Waals surface area contributed by atoms with Crippen LogP contribution in [0.25, 0.3) is 0 Å². The maximum atomic E-state index is 3.74. The third kappa shape index (κ3) is 3.85. The molecule has 0 spiro atoms. The van der Waals surface area contributed by atoms with Crippen molar-refractivity contribution in [2.24, 2.45) is 0 Å². The molecule has 0 saturated carbocycles. The molecule has 1 N–H and O–H groups in total. The molecule has 0 amide bonds. The van der Waals surface area contributed by atoms with E-state index < -0.39 is 0 Å². The Bertz CT molecular complexity index is 327. The quantitative estimate of drug-likeness (QED) is 0.717. The van der Waals surface area contributed by atoms with Crippen LogP contribution in [-0.4, -0.2) is 11.1 Å². The van der Waals surface area contributed by atoms with Crippen molar-refractivity contribution < 1.29 is 20.4 Å². The summed E-state index contributed by atoms with van der Waals surface area (Å²) in [5.74, 6) is 0. The summed E-state index contributed by atoms with van der Waals surface area (Å²) < 4.78 is 1.47. The van der Waals surface area contributed by atoms with E-state index in [2.05, 4.69) is 74.2 Å². The molecule has 1 unspecified atom stereocenters. The summed E-state index contributed by atoms with van der Waals surface area (Å²) in [6, 6.07) is 0. The van der Waals surface area contributed by atoms with Crippen molar-refractivity contribution >= 4 is 24.8 Å². The van der Waals surface area contributed by atoms with E-state index >= 15 is 0 Å². The Morgan fingerprint density at radius 3 is 1.65 bits per heavy atom. The Balaban J connectivity index is 0. The second-order valence-corrected chi connectivity index (χ2v) is 6.53. The maximum absolute atomic E-state index is 3.74. The van der Waals surface area contributed by atoms with Crippen LogP contribution in [0.5, 0.6) is 0 Å². The molecule has 0 aromatic carbocycles. The van der Waals surface area contributed by atoms with Crippen molar-refractivity contribution in [3.05, 3.63) is 20.6 Å². The van der Waals surface area contributed by atoms with Gasteiger partial charge in [-0.05, 0) is 0 Å². The molecule has 1 nitrogen and oxygen atoms in total. The minimum Gasteiger partial charge on any atom is -0.147 e. The van der Waals surface area contributed by atoms with Crippen LogP contribution in [0.4, 0.5) is 0 Å². The normalized spacial score (nSPS) is 24.6. The predicted octanol–water partition coefficient (Wildman–Crippen LogP) is 4.15. The fraction of sp³-hybridized carbons (Fsp3) is 0.692. The van der Waals surface area contributed by atoms with Crippen LogP contribution in [0.3, 0.4) is 0 Å². The first-order valence-corrected chi connectivity index (χ1v) is 6.28. The predicted molar refractivity (Wildman–Crippen MR) is 76.9 cm³/mol. The van der Waals surface area contributed by atoms with Gasteiger partial charge in [-0.3, -0.25) is 0 Å². The molecule has 0 heterocycles. The van der Waals surface area contributed by atoms with Crippen molar-refractivity contribution in [3.8, 4) is 0 Å². The largest absolute Gasteiger partial charge is 0.147 e. The molecular formula is C13H24Cl2NTi. The third-order valence-corrected chi connectivity index (χ3v) is 4.74. The molecule has 1 aliphatic rings. The van der Waals surface area contributed by atoms with Crippen LogP contribution in [0.2, 0.25) is 0 Å². The molecule has 17 heavy (non-hydrogen) atoms. The minimum absolute atomic E-state index is 0. The van der Waals surface area contributed by atoms with E-state index in [4.69, 9.17) is 0 Å².